The molecule has 1 unspecified atom stereocenters. The van der Waals surface area contributed by atoms with Gasteiger partial charge in [-0.2, -0.15) is 0 Å². The van der Waals surface area contributed by atoms with Gasteiger partial charge in [-0.25, -0.2) is 0 Å². The van der Waals surface area contributed by atoms with Gasteiger partial charge < -0.3 is 15.5 Å². The third kappa shape index (κ3) is 3.21. The number of anilines is 1. The normalized spacial score (nSPS) is 22.3. The van der Waals surface area contributed by atoms with Crippen LogP contribution in [0.3, 0.4) is 0 Å². The first kappa shape index (κ1) is 14.4. The first-order valence-corrected chi connectivity index (χ1v) is 8.06. The van der Waals surface area contributed by atoms with E-state index in [9.17, 15) is 4.79 Å². The Morgan fingerprint density at radius 1 is 1.38 bits per heavy atom. The van der Waals surface area contributed by atoms with Gasteiger partial charge in [0.05, 0.1) is 0 Å². The molecule has 2 fully saturated rings. The number of hydrogen-bond acceptors (Lipinski definition) is 3. The molecule has 1 atom stereocenters. The monoisotopic (exact) mass is 287 g/mol. The van der Waals surface area contributed by atoms with E-state index in [1.165, 1.54) is 29.7 Å². The number of piperazine rings is 1. The maximum atomic E-state index is 12.0. The molecule has 1 aliphatic heterocycles. The third-order valence-electron chi connectivity index (χ3n) is 4.46. The minimum atomic E-state index is -0.0344. The zero-order chi connectivity index (χ0) is 14.8. The molecule has 4 nitrogen and oxygen atoms in total. The van der Waals surface area contributed by atoms with Gasteiger partial charge in [0, 0.05) is 31.4 Å². The number of hydrogen-bond donors (Lipinski definition) is 2. The molecule has 114 valence electrons. The predicted octanol–water partition coefficient (Wildman–Crippen LogP) is 1.96. The predicted molar refractivity (Wildman–Crippen MR) is 85.5 cm³/mol. The van der Waals surface area contributed by atoms with E-state index in [0.29, 0.717) is 0 Å². The molecule has 1 aromatic rings. The van der Waals surface area contributed by atoms with Crippen LogP contribution in [0.4, 0.5) is 5.69 Å². The third-order valence-corrected chi connectivity index (χ3v) is 4.46. The standard InChI is InChI=1S/C17H25N3O/c1-3-15-17(21)18-8-9-20(15)16-7-4-13(10-12(16)2)11-19-14-5-6-14/h4,7,10,14-15,19H,3,5-6,8-9,11H2,1-2H3,(H,18,21). The van der Waals surface area contributed by atoms with Gasteiger partial charge in [-0.1, -0.05) is 19.1 Å². The molecule has 2 N–H and O–H groups in total. The van der Waals surface area contributed by atoms with Crippen molar-refractivity contribution in [1.82, 2.24) is 10.6 Å². The van der Waals surface area contributed by atoms with Crippen LogP contribution in [-0.2, 0) is 11.3 Å². The largest absolute Gasteiger partial charge is 0.358 e. The second kappa shape index (κ2) is 6.06. The van der Waals surface area contributed by atoms with Gasteiger partial charge in [0.1, 0.15) is 6.04 Å². The molecule has 1 aromatic carbocycles. The fourth-order valence-corrected chi connectivity index (χ4v) is 3.11. The topological polar surface area (TPSA) is 44.4 Å². The summed E-state index contributed by atoms with van der Waals surface area (Å²) in [5.74, 6) is 0.155. The molecule has 21 heavy (non-hydrogen) atoms. The molecule has 1 heterocycles. The van der Waals surface area contributed by atoms with Crippen LogP contribution in [0.15, 0.2) is 18.2 Å². The quantitative estimate of drug-likeness (QED) is 0.870. The maximum absolute atomic E-state index is 12.0. The Morgan fingerprint density at radius 2 is 2.19 bits per heavy atom. The number of benzene rings is 1. The van der Waals surface area contributed by atoms with Crippen molar-refractivity contribution in [3.8, 4) is 0 Å². The minimum Gasteiger partial charge on any atom is -0.358 e. The van der Waals surface area contributed by atoms with E-state index in [2.05, 4.69) is 47.6 Å². The molecule has 0 aromatic heterocycles. The van der Waals surface area contributed by atoms with E-state index in [-0.39, 0.29) is 11.9 Å². The van der Waals surface area contributed by atoms with Crippen molar-refractivity contribution in [1.29, 1.82) is 0 Å². The summed E-state index contributed by atoms with van der Waals surface area (Å²) >= 11 is 0. The van der Waals surface area contributed by atoms with Crippen molar-refractivity contribution in [2.75, 3.05) is 18.0 Å². The SMILES string of the molecule is CCC1C(=O)NCCN1c1ccc(CNC2CC2)cc1C. The number of carbonyl (C=O) groups excluding carboxylic acids is 1. The van der Waals surface area contributed by atoms with Gasteiger partial charge in [0.25, 0.3) is 0 Å². The number of aryl methyl sites for hydroxylation is 1. The summed E-state index contributed by atoms with van der Waals surface area (Å²) in [6.45, 7) is 6.80. The van der Waals surface area contributed by atoms with Crippen molar-refractivity contribution < 1.29 is 4.79 Å². The molecule has 1 saturated heterocycles. The second-order valence-corrected chi connectivity index (χ2v) is 6.18. The van der Waals surface area contributed by atoms with Crippen LogP contribution in [0.25, 0.3) is 0 Å². The van der Waals surface area contributed by atoms with Crippen LogP contribution in [0, 0.1) is 6.92 Å². The first-order valence-electron chi connectivity index (χ1n) is 8.06. The van der Waals surface area contributed by atoms with Crippen LogP contribution in [0.1, 0.15) is 37.3 Å². The number of amides is 1. The van der Waals surface area contributed by atoms with Crippen molar-refractivity contribution in [2.45, 2.75) is 51.7 Å². The molecule has 0 spiro atoms. The Labute approximate surface area is 126 Å². The highest BCUT2D eigenvalue weighted by molar-refractivity contribution is 5.86. The highest BCUT2D eigenvalue weighted by Crippen LogP contribution is 2.26. The van der Waals surface area contributed by atoms with E-state index in [1.54, 1.807) is 0 Å². The van der Waals surface area contributed by atoms with Crippen LogP contribution in [0.2, 0.25) is 0 Å². The van der Waals surface area contributed by atoms with Gasteiger partial charge in [0.2, 0.25) is 5.91 Å². The second-order valence-electron chi connectivity index (χ2n) is 6.18. The van der Waals surface area contributed by atoms with E-state index in [4.69, 9.17) is 0 Å². The summed E-state index contributed by atoms with van der Waals surface area (Å²) in [5.41, 5.74) is 3.79. The molecule has 4 heteroatoms. The summed E-state index contributed by atoms with van der Waals surface area (Å²) in [6, 6.07) is 7.33. The lowest BCUT2D eigenvalue weighted by atomic mass is 10.0. The first-order chi connectivity index (χ1) is 10.2. The van der Waals surface area contributed by atoms with Crippen LogP contribution in [0.5, 0.6) is 0 Å². The van der Waals surface area contributed by atoms with Gasteiger partial charge in [-0.3, -0.25) is 4.79 Å². The van der Waals surface area contributed by atoms with Crippen LogP contribution >= 0.6 is 0 Å². The average molecular weight is 287 g/mol. The molecule has 1 saturated carbocycles. The van der Waals surface area contributed by atoms with E-state index in [0.717, 1.165) is 32.1 Å². The van der Waals surface area contributed by atoms with Gasteiger partial charge >= 0.3 is 0 Å². The van der Waals surface area contributed by atoms with Gasteiger partial charge in [-0.05, 0) is 43.4 Å². The smallest absolute Gasteiger partial charge is 0.242 e. The van der Waals surface area contributed by atoms with Crippen molar-refractivity contribution in [3.63, 3.8) is 0 Å². The van der Waals surface area contributed by atoms with Gasteiger partial charge in [-0.15, -0.1) is 0 Å². The Morgan fingerprint density at radius 3 is 2.86 bits per heavy atom. The molecular formula is C17H25N3O. The highest BCUT2D eigenvalue weighted by atomic mass is 16.2. The van der Waals surface area contributed by atoms with E-state index in [1.807, 2.05) is 0 Å². The molecule has 1 aliphatic carbocycles. The lowest BCUT2D eigenvalue weighted by molar-refractivity contribution is -0.123. The van der Waals surface area contributed by atoms with E-state index >= 15 is 0 Å². The maximum Gasteiger partial charge on any atom is 0.242 e. The zero-order valence-electron chi connectivity index (χ0n) is 13.0. The fraction of sp³-hybridized carbons (Fsp3) is 0.588. The summed E-state index contributed by atoms with van der Waals surface area (Å²) in [6.07, 6.45) is 3.48. The number of carbonyl (C=O) groups is 1. The molecule has 2 aliphatic rings. The Bertz CT molecular complexity index is 525. The summed E-state index contributed by atoms with van der Waals surface area (Å²) in [5, 5.41) is 6.51. The Balaban J connectivity index is 1.75. The average Bonchev–Trinajstić information content (AvgIpc) is 3.29. The van der Waals surface area contributed by atoms with Crippen LogP contribution < -0.4 is 15.5 Å². The van der Waals surface area contributed by atoms with Crippen molar-refractivity contribution >= 4 is 11.6 Å². The Hall–Kier alpha value is -1.55. The lowest BCUT2D eigenvalue weighted by Crippen LogP contribution is -2.55. The Kier molecular flexibility index (Phi) is 4.15. The number of rotatable bonds is 5. The molecule has 1 amide bonds. The summed E-state index contributed by atoms with van der Waals surface area (Å²) < 4.78 is 0. The summed E-state index contributed by atoms with van der Waals surface area (Å²) in [4.78, 5) is 14.3. The molecular weight excluding hydrogens is 262 g/mol. The zero-order valence-corrected chi connectivity index (χ0v) is 13.0. The lowest BCUT2D eigenvalue weighted by Gasteiger charge is -2.37. The fourth-order valence-electron chi connectivity index (χ4n) is 3.11. The highest BCUT2D eigenvalue weighted by Gasteiger charge is 2.29. The number of nitrogens with one attached hydrogen (secondary N) is 2. The van der Waals surface area contributed by atoms with Crippen LogP contribution in [-0.4, -0.2) is 31.1 Å². The molecule has 0 bridgehead atoms. The van der Waals surface area contributed by atoms with Crippen molar-refractivity contribution in [2.24, 2.45) is 0 Å². The molecule has 0 radical (unpaired) electrons. The van der Waals surface area contributed by atoms with Crippen molar-refractivity contribution in [3.05, 3.63) is 29.3 Å². The molecule has 3 rings (SSSR count). The summed E-state index contributed by atoms with van der Waals surface area (Å²) in [7, 11) is 0. The number of nitrogens with zero attached hydrogens (tertiary/aromatic N) is 1. The van der Waals surface area contributed by atoms with E-state index < -0.39 is 0 Å². The van der Waals surface area contributed by atoms with Gasteiger partial charge in [0.15, 0.2) is 0 Å². The minimum absolute atomic E-state index is 0.0344.